The molecule has 5 atom stereocenters. The lowest BCUT2D eigenvalue weighted by Gasteiger charge is -2.36. The lowest BCUT2D eigenvalue weighted by Crippen LogP contribution is -2.62. The number of amides is 4. The van der Waals surface area contributed by atoms with Crippen LogP contribution in [-0.2, 0) is 30.4 Å². The molecule has 0 saturated carbocycles. The maximum atomic E-state index is 14.1. The molecule has 0 aliphatic carbocycles. The molecule has 1 saturated heterocycles. The standard InChI is InChI=1S/C27H43N9O7/c1-15(29)23(39)35-13-3-5-21(35)25(41)36(24(40)18(30)10-11-28)20(4-2-12-33-27(31)32)22(38)34-19(26(42)43)14-16-6-8-17(37)9-7-16/h6-9,15,18-21,37H,2-5,10-14,28-30H2,1H3,(H,34,38)(H,42,43)(H4,31,32,33)/t15-,18?,19-,20-,21+/m0/s1. The van der Waals surface area contributed by atoms with Gasteiger partial charge in [0.2, 0.25) is 17.7 Å². The summed E-state index contributed by atoms with van der Waals surface area (Å²) >= 11 is 0. The molecule has 1 aliphatic rings. The maximum absolute atomic E-state index is 14.1. The van der Waals surface area contributed by atoms with Gasteiger partial charge in [-0.2, -0.15) is 0 Å². The van der Waals surface area contributed by atoms with Crippen LogP contribution in [0, 0.1) is 5.41 Å². The Labute approximate surface area is 249 Å². The Balaban J connectivity index is 2.49. The molecule has 1 fully saturated rings. The van der Waals surface area contributed by atoms with Crippen molar-refractivity contribution < 1.29 is 34.2 Å². The van der Waals surface area contributed by atoms with E-state index in [2.05, 4.69) is 10.6 Å². The molecule has 4 amide bonds. The molecule has 1 aromatic carbocycles. The first-order valence-corrected chi connectivity index (χ1v) is 14.1. The third-order valence-electron chi connectivity index (χ3n) is 7.06. The van der Waals surface area contributed by atoms with Crippen LogP contribution >= 0.6 is 0 Å². The third-order valence-corrected chi connectivity index (χ3v) is 7.06. The van der Waals surface area contributed by atoms with Gasteiger partial charge in [0.05, 0.1) is 12.1 Å². The van der Waals surface area contributed by atoms with Crippen LogP contribution in [0.25, 0.3) is 0 Å². The van der Waals surface area contributed by atoms with Gasteiger partial charge in [0.25, 0.3) is 5.91 Å². The summed E-state index contributed by atoms with van der Waals surface area (Å²) in [6, 6.07) is -0.503. The highest BCUT2D eigenvalue weighted by Crippen LogP contribution is 2.23. The van der Waals surface area contributed by atoms with Crippen molar-refractivity contribution in [1.82, 2.24) is 20.4 Å². The Morgan fingerprint density at radius 2 is 1.79 bits per heavy atom. The van der Waals surface area contributed by atoms with Gasteiger partial charge in [-0.3, -0.25) is 29.5 Å². The summed E-state index contributed by atoms with van der Waals surface area (Å²) in [5.41, 5.74) is 23.3. The highest BCUT2D eigenvalue weighted by Gasteiger charge is 2.44. The summed E-state index contributed by atoms with van der Waals surface area (Å²) in [6.45, 7) is 1.82. The number of phenols is 1. The molecular weight excluding hydrogens is 562 g/mol. The second kappa shape index (κ2) is 16.4. The number of guanidine groups is 1. The topological polar surface area (TPSA) is 284 Å². The van der Waals surface area contributed by atoms with Crippen molar-refractivity contribution in [2.24, 2.45) is 22.9 Å². The number of hydrogen-bond acceptors (Lipinski definition) is 10. The molecule has 0 spiro atoms. The van der Waals surface area contributed by atoms with Gasteiger partial charge < -0.3 is 48.7 Å². The number of nitrogens with two attached hydrogens (primary N) is 4. The number of phenolic OH excluding ortho intramolecular Hbond substituents is 1. The lowest BCUT2D eigenvalue weighted by atomic mass is 10.0. The Morgan fingerprint density at radius 3 is 2.35 bits per heavy atom. The van der Waals surface area contributed by atoms with E-state index in [0.717, 1.165) is 4.90 Å². The predicted octanol–water partition coefficient (Wildman–Crippen LogP) is -2.49. The quantitative estimate of drug-likeness (QED) is 0.0570. The molecule has 1 heterocycles. The fourth-order valence-corrected chi connectivity index (χ4v) is 4.84. The molecule has 238 valence electrons. The Hall–Kier alpha value is -4.28. The Bertz CT molecular complexity index is 1160. The van der Waals surface area contributed by atoms with E-state index in [1.807, 2.05) is 0 Å². The van der Waals surface area contributed by atoms with Crippen LogP contribution < -0.4 is 33.6 Å². The highest BCUT2D eigenvalue weighted by atomic mass is 16.4. The highest BCUT2D eigenvalue weighted by molar-refractivity contribution is 6.05. The SMILES string of the molecule is C[C@H](N)C(=O)N1CCC[C@@H]1C(=O)N(C(=O)C(N)CCN)[C@@H](CCCNC(=N)N)C(=O)N[C@@H](Cc1ccc(O)cc1)C(=O)O. The van der Waals surface area contributed by atoms with E-state index in [9.17, 15) is 34.2 Å². The summed E-state index contributed by atoms with van der Waals surface area (Å²) in [7, 11) is 0. The van der Waals surface area contributed by atoms with Crippen molar-refractivity contribution in [3.63, 3.8) is 0 Å². The maximum Gasteiger partial charge on any atom is 0.326 e. The van der Waals surface area contributed by atoms with Crippen molar-refractivity contribution >= 4 is 35.6 Å². The molecule has 2 rings (SSSR count). The Morgan fingerprint density at radius 1 is 1.14 bits per heavy atom. The number of nitrogens with zero attached hydrogens (tertiary/aromatic N) is 2. The van der Waals surface area contributed by atoms with Crippen LogP contribution in [0.5, 0.6) is 5.75 Å². The average Bonchev–Trinajstić information content (AvgIpc) is 3.44. The minimum absolute atomic E-state index is 0.00536. The van der Waals surface area contributed by atoms with Gasteiger partial charge in [0, 0.05) is 19.5 Å². The number of nitrogens with one attached hydrogen (secondary N) is 3. The second-order valence-corrected chi connectivity index (χ2v) is 10.5. The van der Waals surface area contributed by atoms with Crippen LogP contribution in [0.15, 0.2) is 24.3 Å². The summed E-state index contributed by atoms with van der Waals surface area (Å²) < 4.78 is 0. The van der Waals surface area contributed by atoms with Gasteiger partial charge in [-0.15, -0.1) is 0 Å². The fourth-order valence-electron chi connectivity index (χ4n) is 4.84. The van der Waals surface area contributed by atoms with Crippen molar-refractivity contribution in [3.8, 4) is 5.75 Å². The molecule has 13 N–H and O–H groups in total. The van der Waals surface area contributed by atoms with E-state index < -0.39 is 59.8 Å². The first kappa shape index (κ1) is 34.9. The van der Waals surface area contributed by atoms with E-state index in [1.54, 1.807) is 0 Å². The summed E-state index contributed by atoms with van der Waals surface area (Å²) in [4.78, 5) is 68.4. The first-order valence-electron chi connectivity index (χ1n) is 14.1. The number of carbonyl (C=O) groups excluding carboxylic acids is 4. The summed E-state index contributed by atoms with van der Waals surface area (Å²) in [5, 5.41) is 31.8. The van der Waals surface area contributed by atoms with Crippen LogP contribution in [0.4, 0.5) is 0 Å². The normalized spacial score (nSPS) is 17.3. The Kier molecular flexibility index (Phi) is 13.3. The molecule has 0 aromatic heterocycles. The molecule has 16 heteroatoms. The van der Waals surface area contributed by atoms with Gasteiger partial charge in [0.1, 0.15) is 23.9 Å². The number of imide groups is 1. The van der Waals surface area contributed by atoms with Crippen molar-refractivity contribution in [1.29, 1.82) is 5.41 Å². The van der Waals surface area contributed by atoms with E-state index in [0.29, 0.717) is 12.0 Å². The van der Waals surface area contributed by atoms with Crippen molar-refractivity contribution in [2.45, 2.75) is 75.7 Å². The molecule has 1 unspecified atom stereocenters. The number of carboxylic acid groups (broad SMARTS) is 1. The van der Waals surface area contributed by atoms with E-state index in [4.69, 9.17) is 28.3 Å². The fraction of sp³-hybridized carbons (Fsp3) is 0.556. The largest absolute Gasteiger partial charge is 0.508 e. The van der Waals surface area contributed by atoms with Gasteiger partial charge >= 0.3 is 5.97 Å². The molecular formula is C27H43N9O7. The lowest BCUT2D eigenvalue weighted by molar-refractivity contribution is -0.158. The minimum atomic E-state index is -1.52. The zero-order valence-corrected chi connectivity index (χ0v) is 24.2. The van der Waals surface area contributed by atoms with E-state index in [1.165, 1.54) is 36.1 Å². The minimum Gasteiger partial charge on any atom is -0.508 e. The molecule has 16 nitrogen and oxygen atoms in total. The summed E-state index contributed by atoms with van der Waals surface area (Å²) in [5.74, 6) is -4.89. The third kappa shape index (κ3) is 9.90. The van der Waals surface area contributed by atoms with Crippen LogP contribution in [0.1, 0.15) is 44.6 Å². The van der Waals surface area contributed by atoms with Gasteiger partial charge in [0.15, 0.2) is 5.96 Å². The van der Waals surface area contributed by atoms with Crippen LogP contribution in [0.2, 0.25) is 0 Å². The number of aromatic hydroxyl groups is 1. The smallest absolute Gasteiger partial charge is 0.326 e. The van der Waals surface area contributed by atoms with Crippen LogP contribution in [-0.4, -0.2) is 105 Å². The molecule has 0 bridgehead atoms. The average molecular weight is 606 g/mol. The van der Waals surface area contributed by atoms with E-state index >= 15 is 0 Å². The molecule has 1 aliphatic heterocycles. The number of hydrogen-bond donors (Lipinski definition) is 9. The van der Waals surface area contributed by atoms with Crippen molar-refractivity contribution in [3.05, 3.63) is 29.8 Å². The number of carboxylic acids is 1. The van der Waals surface area contributed by atoms with Gasteiger partial charge in [-0.05, 0) is 63.3 Å². The predicted molar refractivity (Wildman–Crippen MR) is 156 cm³/mol. The van der Waals surface area contributed by atoms with Gasteiger partial charge in [-0.25, -0.2) is 4.79 Å². The monoisotopic (exact) mass is 605 g/mol. The number of likely N-dealkylation sites (tertiary alicyclic amines) is 1. The van der Waals surface area contributed by atoms with Crippen molar-refractivity contribution in [2.75, 3.05) is 19.6 Å². The second-order valence-electron chi connectivity index (χ2n) is 10.5. The molecule has 0 radical (unpaired) electrons. The number of benzene rings is 1. The number of carbonyl (C=O) groups is 5. The number of rotatable bonds is 15. The zero-order chi connectivity index (χ0) is 32.3. The number of aliphatic carboxylic acids is 1. The summed E-state index contributed by atoms with van der Waals surface area (Å²) in [6.07, 6.45) is 0.509. The zero-order valence-electron chi connectivity index (χ0n) is 24.2. The molecule has 43 heavy (non-hydrogen) atoms. The first-order chi connectivity index (χ1) is 20.3. The van der Waals surface area contributed by atoms with Crippen LogP contribution in [0.3, 0.4) is 0 Å². The van der Waals surface area contributed by atoms with E-state index in [-0.39, 0.29) is 63.4 Å². The van der Waals surface area contributed by atoms with Gasteiger partial charge in [-0.1, -0.05) is 12.1 Å². The molecule has 1 aromatic rings.